The van der Waals surface area contributed by atoms with Crippen molar-refractivity contribution in [2.45, 2.75) is 12.5 Å². The van der Waals surface area contributed by atoms with Crippen LogP contribution in [0.25, 0.3) is 0 Å². The van der Waals surface area contributed by atoms with E-state index in [2.05, 4.69) is 51.6 Å². The van der Waals surface area contributed by atoms with Gasteiger partial charge in [0, 0.05) is 6.42 Å². The number of nitrogens with one attached hydrogen (secondary N) is 1. The second-order valence-electron chi connectivity index (χ2n) is 5.08. The van der Waals surface area contributed by atoms with Gasteiger partial charge in [-0.25, -0.2) is 0 Å². The van der Waals surface area contributed by atoms with E-state index in [0.29, 0.717) is 0 Å². The van der Waals surface area contributed by atoms with Crippen molar-refractivity contribution in [2.75, 3.05) is 20.8 Å². The van der Waals surface area contributed by atoms with Crippen LogP contribution >= 0.6 is 15.9 Å². The van der Waals surface area contributed by atoms with Crippen LogP contribution in [0.1, 0.15) is 22.7 Å². The van der Waals surface area contributed by atoms with Gasteiger partial charge in [-0.2, -0.15) is 0 Å². The highest BCUT2D eigenvalue weighted by atomic mass is 79.9. The first-order valence-corrected chi connectivity index (χ1v) is 7.78. The highest BCUT2D eigenvalue weighted by molar-refractivity contribution is 9.10. The molecule has 0 amide bonds. The Bertz CT molecular complexity index is 657. The molecule has 2 aromatic carbocycles. The molecule has 0 saturated carbocycles. The molecule has 0 fully saturated rings. The Morgan fingerprint density at radius 3 is 2.67 bits per heavy atom. The molecule has 1 aliphatic heterocycles. The molecule has 2 aromatic rings. The van der Waals surface area contributed by atoms with Gasteiger partial charge in [-0.15, -0.1) is 0 Å². The van der Waals surface area contributed by atoms with Gasteiger partial charge in [-0.1, -0.05) is 18.2 Å². The summed E-state index contributed by atoms with van der Waals surface area (Å²) in [7, 11) is 3.66. The normalized spacial score (nSPS) is 14.4. The summed E-state index contributed by atoms with van der Waals surface area (Å²) in [6.45, 7) is 0.789. The third-order valence-corrected chi connectivity index (χ3v) is 4.46. The molecule has 21 heavy (non-hydrogen) atoms. The molecule has 4 heteroatoms. The van der Waals surface area contributed by atoms with Gasteiger partial charge in [0.25, 0.3) is 0 Å². The summed E-state index contributed by atoms with van der Waals surface area (Å²) < 4.78 is 11.8. The number of hydrogen-bond acceptors (Lipinski definition) is 3. The lowest BCUT2D eigenvalue weighted by molar-refractivity contribution is 0.357. The Labute approximate surface area is 133 Å². The molecule has 1 atom stereocenters. The fourth-order valence-electron chi connectivity index (χ4n) is 2.77. The van der Waals surface area contributed by atoms with Crippen molar-refractivity contribution in [2.24, 2.45) is 0 Å². The molecule has 0 saturated heterocycles. The summed E-state index contributed by atoms with van der Waals surface area (Å²) in [6.07, 6.45) is 0.992. The van der Waals surface area contributed by atoms with Gasteiger partial charge in [0.15, 0.2) is 0 Å². The first kappa shape index (κ1) is 14.4. The van der Waals surface area contributed by atoms with Gasteiger partial charge < -0.3 is 14.8 Å². The van der Waals surface area contributed by atoms with Gasteiger partial charge in [0.1, 0.15) is 11.5 Å². The zero-order valence-corrected chi connectivity index (χ0v) is 13.7. The predicted octanol–water partition coefficient (Wildman–Crippen LogP) is 3.70. The van der Waals surface area contributed by atoms with Crippen LogP contribution in [0, 0.1) is 0 Å². The molecule has 0 bridgehead atoms. The highest BCUT2D eigenvalue weighted by Crippen LogP contribution is 2.33. The third kappa shape index (κ3) is 2.78. The number of methoxy groups -OCH3 is 1. The number of benzene rings is 2. The smallest absolute Gasteiger partial charge is 0.133 e. The van der Waals surface area contributed by atoms with Gasteiger partial charge in [-0.3, -0.25) is 0 Å². The average molecular weight is 348 g/mol. The average Bonchev–Trinajstić information content (AvgIpc) is 2.96. The Kier molecular flexibility index (Phi) is 4.17. The monoisotopic (exact) mass is 347 g/mol. The van der Waals surface area contributed by atoms with E-state index in [1.807, 2.05) is 13.1 Å². The molecule has 0 aromatic heterocycles. The van der Waals surface area contributed by atoms with Crippen molar-refractivity contribution < 1.29 is 9.47 Å². The Hall–Kier alpha value is -1.52. The Balaban J connectivity index is 1.96. The summed E-state index contributed by atoms with van der Waals surface area (Å²) in [6, 6.07) is 12.8. The van der Waals surface area contributed by atoms with Gasteiger partial charge >= 0.3 is 0 Å². The number of ether oxygens (including phenoxy) is 2. The molecule has 0 radical (unpaired) electrons. The van der Waals surface area contributed by atoms with Crippen LogP contribution in [0.3, 0.4) is 0 Å². The summed E-state index contributed by atoms with van der Waals surface area (Å²) in [5.74, 6) is 1.86. The second kappa shape index (κ2) is 6.08. The van der Waals surface area contributed by atoms with Crippen molar-refractivity contribution in [1.82, 2.24) is 5.32 Å². The number of hydrogen-bond donors (Lipinski definition) is 1. The lowest BCUT2D eigenvalue weighted by Crippen LogP contribution is -2.17. The zero-order valence-electron chi connectivity index (χ0n) is 12.2. The Morgan fingerprint density at radius 2 is 1.95 bits per heavy atom. The van der Waals surface area contributed by atoms with Crippen LogP contribution in [0.5, 0.6) is 11.5 Å². The zero-order chi connectivity index (χ0) is 14.8. The number of halogens is 1. The molecular formula is C17H18BrNO2. The molecule has 0 spiro atoms. The minimum absolute atomic E-state index is 0.151. The SMILES string of the molecule is CNC(c1ccc(OC)c(Br)c1)c1ccc2c(c1)CCO2. The van der Waals surface area contributed by atoms with Crippen molar-refractivity contribution in [3.05, 3.63) is 57.6 Å². The molecule has 110 valence electrons. The van der Waals surface area contributed by atoms with Gasteiger partial charge in [0.2, 0.25) is 0 Å². The maximum absolute atomic E-state index is 5.58. The van der Waals surface area contributed by atoms with Crippen molar-refractivity contribution in [3.63, 3.8) is 0 Å². The maximum atomic E-state index is 5.58. The third-order valence-electron chi connectivity index (χ3n) is 3.84. The molecular weight excluding hydrogens is 330 g/mol. The van der Waals surface area contributed by atoms with Crippen molar-refractivity contribution in [3.8, 4) is 11.5 Å². The molecule has 1 unspecified atom stereocenters. The van der Waals surface area contributed by atoms with Crippen LogP contribution < -0.4 is 14.8 Å². The quantitative estimate of drug-likeness (QED) is 0.914. The first-order chi connectivity index (χ1) is 10.2. The van der Waals surface area contributed by atoms with E-state index < -0.39 is 0 Å². The topological polar surface area (TPSA) is 30.5 Å². The molecule has 3 nitrogen and oxygen atoms in total. The van der Waals surface area contributed by atoms with E-state index in [-0.39, 0.29) is 6.04 Å². The lowest BCUT2D eigenvalue weighted by atomic mass is 9.96. The molecule has 1 N–H and O–H groups in total. The van der Waals surface area contributed by atoms with Gasteiger partial charge in [-0.05, 0) is 57.9 Å². The van der Waals surface area contributed by atoms with Crippen LogP contribution in [0.2, 0.25) is 0 Å². The lowest BCUT2D eigenvalue weighted by Gasteiger charge is -2.19. The maximum Gasteiger partial charge on any atom is 0.133 e. The number of rotatable bonds is 4. The van der Waals surface area contributed by atoms with E-state index in [0.717, 1.165) is 29.0 Å². The van der Waals surface area contributed by atoms with E-state index in [4.69, 9.17) is 9.47 Å². The first-order valence-electron chi connectivity index (χ1n) is 6.99. The van der Waals surface area contributed by atoms with Crippen molar-refractivity contribution in [1.29, 1.82) is 0 Å². The molecule has 1 heterocycles. The van der Waals surface area contributed by atoms with Crippen molar-refractivity contribution >= 4 is 15.9 Å². The predicted molar refractivity (Wildman–Crippen MR) is 87.2 cm³/mol. The molecule has 1 aliphatic rings. The largest absolute Gasteiger partial charge is 0.496 e. The summed E-state index contributed by atoms with van der Waals surface area (Å²) >= 11 is 3.55. The van der Waals surface area contributed by atoms with Crippen LogP contribution in [-0.2, 0) is 6.42 Å². The molecule has 3 rings (SSSR count). The standard InChI is InChI=1S/C17H18BrNO2/c1-19-17(13-4-6-16(20-2)14(18)10-13)12-3-5-15-11(9-12)7-8-21-15/h3-6,9-10,17,19H,7-8H2,1-2H3. The molecule has 0 aliphatic carbocycles. The van der Waals surface area contributed by atoms with Crippen LogP contribution in [0.4, 0.5) is 0 Å². The highest BCUT2D eigenvalue weighted by Gasteiger charge is 2.18. The second-order valence-corrected chi connectivity index (χ2v) is 5.94. The minimum atomic E-state index is 0.151. The minimum Gasteiger partial charge on any atom is -0.496 e. The fraction of sp³-hybridized carbons (Fsp3) is 0.294. The van der Waals surface area contributed by atoms with Gasteiger partial charge in [0.05, 0.1) is 24.2 Å². The van der Waals surface area contributed by atoms with Crippen LogP contribution in [-0.4, -0.2) is 20.8 Å². The summed E-state index contributed by atoms with van der Waals surface area (Å²) in [5.41, 5.74) is 3.74. The summed E-state index contributed by atoms with van der Waals surface area (Å²) in [4.78, 5) is 0. The van der Waals surface area contributed by atoms with E-state index in [9.17, 15) is 0 Å². The van der Waals surface area contributed by atoms with Crippen LogP contribution in [0.15, 0.2) is 40.9 Å². The van der Waals surface area contributed by atoms with E-state index in [1.165, 1.54) is 16.7 Å². The fourth-order valence-corrected chi connectivity index (χ4v) is 3.33. The van der Waals surface area contributed by atoms with E-state index >= 15 is 0 Å². The number of fused-ring (bicyclic) bond motifs is 1. The Morgan fingerprint density at radius 1 is 1.19 bits per heavy atom. The summed E-state index contributed by atoms with van der Waals surface area (Å²) in [5, 5.41) is 3.39. The van der Waals surface area contributed by atoms with E-state index in [1.54, 1.807) is 7.11 Å².